The Bertz CT molecular complexity index is 402. The van der Waals surface area contributed by atoms with Crippen molar-refractivity contribution in [2.45, 2.75) is 39.2 Å². The van der Waals surface area contributed by atoms with Gasteiger partial charge in [0.15, 0.2) is 5.82 Å². The molecule has 1 aliphatic rings. The molecule has 0 saturated heterocycles. The summed E-state index contributed by atoms with van der Waals surface area (Å²) in [7, 11) is 1.62. The number of aromatic nitrogens is 2. The Morgan fingerprint density at radius 3 is 2.78 bits per heavy atom. The standard InChI is InChI=1S/C13H22N4O/c1-13(5-3-4-6-13)9-15-11-7-10(14)16-12(17-11)8-18-2/h7H,3-6,8-9H2,1-2H3,(H3,14,15,16,17). The molecule has 0 bridgehead atoms. The highest BCUT2D eigenvalue weighted by molar-refractivity contribution is 5.44. The highest BCUT2D eigenvalue weighted by Gasteiger charge is 2.28. The van der Waals surface area contributed by atoms with Gasteiger partial charge in [0.2, 0.25) is 0 Å². The highest BCUT2D eigenvalue weighted by Crippen LogP contribution is 2.37. The summed E-state index contributed by atoms with van der Waals surface area (Å²) in [6, 6.07) is 1.78. The van der Waals surface area contributed by atoms with Crippen LogP contribution in [-0.4, -0.2) is 23.6 Å². The van der Waals surface area contributed by atoms with Crippen molar-refractivity contribution in [2.75, 3.05) is 24.7 Å². The molecule has 3 N–H and O–H groups in total. The van der Waals surface area contributed by atoms with Crippen molar-refractivity contribution in [3.63, 3.8) is 0 Å². The molecule has 1 saturated carbocycles. The summed E-state index contributed by atoms with van der Waals surface area (Å²) in [5.74, 6) is 1.90. The molecule has 1 aliphatic carbocycles. The molecule has 1 heterocycles. The molecule has 1 aromatic heterocycles. The zero-order chi connectivity index (χ0) is 13.0. The first-order chi connectivity index (χ1) is 8.61. The van der Waals surface area contributed by atoms with Gasteiger partial charge in [-0.25, -0.2) is 9.97 Å². The van der Waals surface area contributed by atoms with Gasteiger partial charge in [0.1, 0.15) is 18.2 Å². The molecule has 0 spiro atoms. The molecule has 2 rings (SSSR count). The minimum atomic E-state index is 0.386. The zero-order valence-corrected chi connectivity index (χ0v) is 11.2. The summed E-state index contributed by atoms with van der Waals surface area (Å²) in [6.07, 6.45) is 5.23. The molecule has 0 radical (unpaired) electrons. The van der Waals surface area contributed by atoms with Crippen LogP contribution in [0.3, 0.4) is 0 Å². The van der Waals surface area contributed by atoms with Gasteiger partial charge in [0, 0.05) is 19.7 Å². The first-order valence-corrected chi connectivity index (χ1v) is 6.48. The molecule has 1 aromatic rings. The van der Waals surface area contributed by atoms with Crippen LogP contribution in [-0.2, 0) is 11.3 Å². The van der Waals surface area contributed by atoms with Crippen molar-refractivity contribution in [1.29, 1.82) is 0 Å². The van der Waals surface area contributed by atoms with Crippen LogP contribution in [0.5, 0.6) is 0 Å². The number of nitrogens with two attached hydrogens (primary N) is 1. The largest absolute Gasteiger partial charge is 0.384 e. The number of ether oxygens (including phenoxy) is 1. The van der Waals surface area contributed by atoms with Crippen LogP contribution in [0.25, 0.3) is 0 Å². The predicted octanol–water partition coefficient (Wildman–Crippen LogP) is 2.20. The summed E-state index contributed by atoms with van der Waals surface area (Å²) < 4.78 is 5.03. The van der Waals surface area contributed by atoms with Gasteiger partial charge in [0.05, 0.1) is 0 Å². The molecule has 0 aromatic carbocycles. The quantitative estimate of drug-likeness (QED) is 0.838. The Balaban J connectivity index is 2.00. The van der Waals surface area contributed by atoms with E-state index in [0.29, 0.717) is 23.7 Å². The molecular weight excluding hydrogens is 228 g/mol. The molecule has 100 valence electrons. The predicted molar refractivity (Wildman–Crippen MR) is 72.2 cm³/mol. The fourth-order valence-electron chi connectivity index (χ4n) is 2.51. The smallest absolute Gasteiger partial charge is 0.158 e. The Morgan fingerprint density at radius 1 is 1.39 bits per heavy atom. The van der Waals surface area contributed by atoms with Crippen LogP contribution >= 0.6 is 0 Å². The number of hydrogen-bond donors (Lipinski definition) is 2. The fraction of sp³-hybridized carbons (Fsp3) is 0.692. The molecule has 0 atom stereocenters. The lowest BCUT2D eigenvalue weighted by atomic mass is 9.89. The number of anilines is 2. The second kappa shape index (κ2) is 5.52. The van der Waals surface area contributed by atoms with E-state index < -0.39 is 0 Å². The van der Waals surface area contributed by atoms with Crippen molar-refractivity contribution >= 4 is 11.6 Å². The number of nitrogens with one attached hydrogen (secondary N) is 1. The maximum atomic E-state index is 5.76. The third-order valence-corrected chi connectivity index (χ3v) is 3.57. The summed E-state index contributed by atoms with van der Waals surface area (Å²) in [6.45, 7) is 3.65. The Hall–Kier alpha value is -1.36. The van der Waals surface area contributed by atoms with E-state index in [9.17, 15) is 0 Å². The van der Waals surface area contributed by atoms with E-state index in [2.05, 4.69) is 22.2 Å². The number of nitrogens with zero attached hydrogens (tertiary/aromatic N) is 2. The summed E-state index contributed by atoms with van der Waals surface area (Å²) in [4.78, 5) is 8.51. The molecule has 5 heteroatoms. The first-order valence-electron chi connectivity index (χ1n) is 6.48. The second-order valence-electron chi connectivity index (χ2n) is 5.40. The van der Waals surface area contributed by atoms with Crippen LogP contribution in [0.15, 0.2) is 6.07 Å². The summed E-state index contributed by atoms with van der Waals surface area (Å²) >= 11 is 0. The van der Waals surface area contributed by atoms with Gasteiger partial charge in [-0.2, -0.15) is 0 Å². The third-order valence-electron chi connectivity index (χ3n) is 3.57. The van der Waals surface area contributed by atoms with Crippen LogP contribution < -0.4 is 11.1 Å². The van der Waals surface area contributed by atoms with Crippen LogP contribution in [0.4, 0.5) is 11.6 Å². The maximum absolute atomic E-state index is 5.76. The SMILES string of the molecule is COCc1nc(N)cc(NCC2(C)CCCC2)n1. The van der Waals surface area contributed by atoms with Gasteiger partial charge in [-0.05, 0) is 18.3 Å². The lowest BCUT2D eigenvalue weighted by Gasteiger charge is -2.24. The fourth-order valence-corrected chi connectivity index (χ4v) is 2.51. The molecule has 0 unspecified atom stereocenters. The van der Waals surface area contributed by atoms with Crippen molar-refractivity contribution in [2.24, 2.45) is 5.41 Å². The monoisotopic (exact) mass is 250 g/mol. The number of hydrogen-bond acceptors (Lipinski definition) is 5. The maximum Gasteiger partial charge on any atom is 0.158 e. The molecular formula is C13H22N4O. The summed E-state index contributed by atoms with van der Waals surface area (Å²) in [5.41, 5.74) is 6.15. The van der Waals surface area contributed by atoms with E-state index in [0.717, 1.165) is 12.4 Å². The van der Waals surface area contributed by atoms with E-state index >= 15 is 0 Å². The Morgan fingerprint density at radius 2 is 2.11 bits per heavy atom. The van der Waals surface area contributed by atoms with Gasteiger partial charge in [-0.3, -0.25) is 0 Å². The van der Waals surface area contributed by atoms with Crippen molar-refractivity contribution in [1.82, 2.24) is 9.97 Å². The molecule has 0 aliphatic heterocycles. The van der Waals surface area contributed by atoms with E-state index in [1.165, 1.54) is 25.7 Å². The number of methoxy groups -OCH3 is 1. The van der Waals surface area contributed by atoms with Crippen molar-refractivity contribution < 1.29 is 4.74 Å². The van der Waals surface area contributed by atoms with Gasteiger partial charge in [0.25, 0.3) is 0 Å². The molecule has 18 heavy (non-hydrogen) atoms. The topological polar surface area (TPSA) is 73.1 Å². The van der Waals surface area contributed by atoms with Gasteiger partial charge in [-0.1, -0.05) is 19.8 Å². The Kier molecular flexibility index (Phi) is 4.01. The van der Waals surface area contributed by atoms with E-state index in [1.54, 1.807) is 13.2 Å². The average molecular weight is 250 g/mol. The van der Waals surface area contributed by atoms with E-state index in [4.69, 9.17) is 10.5 Å². The van der Waals surface area contributed by atoms with Crippen LogP contribution in [0.1, 0.15) is 38.4 Å². The lowest BCUT2D eigenvalue weighted by Crippen LogP contribution is -2.23. The molecule has 5 nitrogen and oxygen atoms in total. The van der Waals surface area contributed by atoms with Gasteiger partial charge in [-0.15, -0.1) is 0 Å². The lowest BCUT2D eigenvalue weighted by molar-refractivity contribution is 0.178. The molecule has 1 fully saturated rings. The summed E-state index contributed by atoms with van der Waals surface area (Å²) in [5, 5.41) is 3.38. The van der Waals surface area contributed by atoms with Crippen molar-refractivity contribution in [3.8, 4) is 0 Å². The molecule has 0 amide bonds. The number of rotatable bonds is 5. The number of nitrogen functional groups attached to an aromatic ring is 1. The van der Waals surface area contributed by atoms with Crippen LogP contribution in [0, 0.1) is 5.41 Å². The van der Waals surface area contributed by atoms with Crippen molar-refractivity contribution in [3.05, 3.63) is 11.9 Å². The van der Waals surface area contributed by atoms with Gasteiger partial charge >= 0.3 is 0 Å². The Labute approximate surface area is 108 Å². The minimum Gasteiger partial charge on any atom is -0.384 e. The first kappa shape index (κ1) is 13.1. The second-order valence-corrected chi connectivity index (χ2v) is 5.40. The minimum absolute atomic E-state index is 0.386. The van der Waals surface area contributed by atoms with Gasteiger partial charge < -0.3 is 15.8 Å². The van der Waals surface area contributed by atoms with Crippen LogP contribution in [0.2, 0.25) is 0 Å². The van der Waals surface area contributed by atoms with E-state index in [1.807, 2.05) is 0 Å². The van der Waals surface area contributed by atoms with E-state index in [-0.39, 0.29) is 0 Å². The third kappa shape index (κ3) is 3.32. The highest BCUT2D eigenvalue weighted by atomic mass is 16.5. The normalized spacial score (nSPS) is 17.9. The average Bonchev–Trinajstić information content (AvgIpc) is 2.74. The zero-order valence-electron chi connectivity index (χ0n) is 11.2.